The van der Waals surface area contributed by atoms with Gasteiger partial charge in [0.2, 0.25) is 0 Å². The van der Waals surface area contributed by atoms with Crippen molar-refractivity contribution in [1.82, 2.24) is 9.88 Å². The molecule has 38 heavy (non-hydrogen) atoms. The van der Waals surface area contributed by atoms with Gasteiger partial charge < -0.3 is 15.5 Å². The number of fused-ring (bicyclic) bond motifs is 1. The van der Waals surface area contributed by atoms with Crippen LogP contribution in [0.15, 0.2) is 84.9 Å². The number of hydrogen-bond donors (Lipinski definition) is 1. The fourth-order valence-electron chi connectivity index (χ4n) is 5.10. The quantitative estimate of drug-likeness (QED) is 0.264. The van der Waals surface area contributed by atoms with E-state index in [1.165, 1.54) is 16.9 Å². The number of carbonyl (C=O) groups is 1. The molecule has 0 unspecified atom stereocenters. The smallest absolute Gasteiger partial charge is 0.266 e. The summed E-state index contributed by atoms with van der Waals surface area (Å²) in [6.45, 7) is 4.80. The predicted octanol–water partition coefficient (Wildman–Crippen LogP) is 7.14. The van der Waals surface area contributed by atoms with Crippen LogP contribution in [0, 0.1) is 6.92 Å². The van der Waals surface area contributed by atoms with Crippen molar-refractivity contribution < 1.29 is 4.79 Å². The van der Waals surface area contributed by atoms with E-state index in [-0.39, 0.29) is 5.91 Å². The van der Waals surface area contributed by atoms with E-state index in [1.54, 1.807) is 0 Å². The van der Waals surface area contributed by atoms with Crippen molar-refractivity contribution in [1.29, 1.82) is 0 Å². The second-order valence-corrected chi connectivity index (χ2v) is 11.0. The molecule has 190 valence electrons. The van der Waals surface area contributed by atoms with Gasteiger partial charge in [0.15, 0.2) is 0 Å². The number of nitrogens with zero attached hydrogens (tertiary/aromatic N) is 3. The summed E-state index contributed by atoms with van der Waals surface area (Å²) in [4.78, 5) is 24.2. The minimum absolute atomic E-state index is 0.0340. The van der Waals surface area contributed by atoms with Crippen LogP contribution in [0.4, 0.5) is 11.4 Å². The lowest BCUT2D eigenvalue weighted by Gasteiger charge is -2.36. The van der Waals surface area contributed by atoms with E-state index < -0.39 is 0 Å². The summed E-state index contributed by atoms with van der Waals surface area (Å²) in [7, 11) is 0. The number of benzene rings is 3. The van der Waals surface area contributed by atoms with E-state index in [2.05, 4.69) is 30.0 Å². The van der Waals surface area contributed by atoms with Crippen LogP contribution in [0.5, 0.6) is 0 Å². The van der Waals surface area contributed by atoms with Gasteiger partial charge in [-0.05, 0) is 41.8 Å². The molecule has 2 N–H and O–H groups in total. The summed E-state index contributed by atoms with van der Waals surface area (Å²) in [5.74, 6) is -0.0340. The lowest BCUT2D eigenvalue weighted by Crippen LogP contribution is -2.49. The number of nitrogens with two attached hydrogens (primary N) is 1. The summed E-state index contributed by atoms with van der Waals surface area (Å²) in [5.41, 5.74) is 13.5. The molecule has 3 aromatic carbocycles. The monoisotopic (exact) mass is 538 g/mol. The first-order chi connectivity index (χ1) is 18.5. The number of rotatable bonds is 4. The minimum atomic E-state index is -0.0340. The zero-order chi connectivity index (χ0) is 26.2. The van der Waals surface area contributed by atoms with E-state index in [1.807, 2.05) is 71.6 Å². The minimum Gasteiger partial charge on any atom is -0.397 e. The van der Waals surface area contributed by atoms with Crippen LogP contribution in [0.3, 0.4) is 0 Å². The standard InChI is InChI=1S/C31H27ClN4OS/c1-20-12-13-23(32)18-26(20)35-14-16-36(17-15-35)31(37)29-28(33)27-24(21-8-4-2-5-9-21)19-25(34-30(27)38-29)22-10-6-3-7-11-22/h2-13,18-19H,14-17,33H2,1H3. The molecule has 1 saturated heterocycles. The van der Waals surface area contributed by atoms with Crippen molar-refractivity contribution in [3.8, 4) is 22.4 Å². The number of carbonyl (C=O) groups excluding carboxylic acids is 1. The number of pyridine rings is 1. The largest absolute Gasteiger partial charge is 0.397 e. The highest BCUT2D eigenvalue weighted by Crippen LogP contribution is 2.42. The first-order valence-electron chi connectivity index (χ1n) is 12.6. The van der Waals surface area contributed by atoms with Crippen LogP contribution in [-0.4, -0.2) is 42.0 Å². The number of amides is 1. The second-order valence-electron chi connectivity index (χ2n) is 9.52. The SMILES string of the molecule is Cc1ccc(Cl)cc1N1CCN(C(=O)c2sc3nc(-c4ccccc4)cc(-c4ccccc4)c3c2N)CC1. The number of hydrogen-bond acceptors (Lipinski definition) is 5. The number of halogens is 1. The van der Waals surface area contributed by atoms with Crippen LogP contribution < -0.4 is 10.6 Å². The number of thiophene rings is 1. The second kappa shape index (κ2) is 10.1. The van der Waals surface area contributed by atoms with Gasteiger partial charge in [0.25, 0.3) is 5.91 Å². The van der Waals surface area contributed by atoms with Crippen LogP contribution in [0.1, 0.15) is 15.2 Å². The summed E-state index contributed by atoms with van der Waals surface area (Å²) >= 11 is 7.64. The van der Waals surface area contributed by atoms with Crippen molar-refractivity contribution >= 4 is 50.4 Å². The molecule has 0 bridgehead atoms. The molecule has 6 rings (SSSR count). The van der Waals surface area contributed by atoms with E-state index in [4.69, 9.17) is 22.3 Å². The van der Waals surface area contributed by atoms with Crippen molar-refractivity contribution in [3.05, 3.63) is 100 Å². The van der Waals surface area contributed by atoms with Gasteiger partial charge in [-0.3, -0.25) is 4.79 Å². The van der Waals surface area contributed by atoms with Gasteiger partial charge in [0.05, 0.1) is 11.4 Å². The highest BCUT2D eigenvalue weighted by atomic mass is 35.5. The van der Waals surface area contributed by atoms with E-state index in [9.17, 15) is 4.79 Å². The lowest BCUT2D eigenvalue weighted by molar-refractivity contribution is 0.0752. The third-order valence-electron chi connectivity index (χ3n) is 7.13. The Kier molecular flexibility index (Phi) is 6.52. The lowest BCUT2D eigenvalue weighted by atomic mass is 9.99. The van der Waals surface area contributed by atoms with Crippen LogP contribution >= 0.6 is 22.9 Å². The van der Waals surface area contributed by atoms with Crippen molar-refractivity contribution in [2.75, 3.05) is 36.8 Å². The maximum atomic E-state index is 13.7. The normalized spacial score (nSPS) is 13.7. The molecule has 0 atom stereocenters. The Morgan fingerprint density at radius 3 is 2.24 bits per heavy atom. The molecule has 5 nitrogen and oxygen atoms in total. The molecular formula is C31H27ClN4OS. The Bertz CT molecular complexity index is 1630. The Hall–Kier alpha value is -3.87. The third kappa shape index (κ3) is 4.51. The molecule has 0 aliphatic carbocycles. The maximum absolute atomic E-state index is 13.7. The Balaban J connectivity index is 1.35. The summed E-state index contributed by atoms with van der Waals surface area (Å²) < 4.78 is 0. The molecule has 1 aliphatic rings. The summed E-state index contributed by atoms with van der Waals surface area (Å²) in [6, 6.07) is 28.3. The van der Waals surface area contributed by atoms with E-state index >= 15 is 0 Å². The summed E-state index contributed by atoms with van der Waals surface area (Å²) in [5, 5.41) is 1.57. The average molecular weight is 539 g/mol. The zero-order valence-electron chi connectivity index (χ0n) is 21.0. The molecule has 0 radical (unpaired) electrons. The summed E-state index contributed by atoms with van der Waals surface area (Å²) in [6.07, 6.45) is 0. The van der Waals surface area contributed by atoms with Gasteiger partial charge in [-0.1, -0.05) is 78.3 Å². The first kappa shape index (κ1) is 24.5. The van der Waals surface area contributed by atoms with Gasteiger partial charge in [0, 0.05) is 47.8 Å². The molecule has 7 heteroatoms. The van der Waals surface area contributed by atoms with E-state index in [0.29, 0.717) is 23.7 Å². The Morgan fingerprint density at radius 2 is 1.55 bits per heavy atom. The molecule has 0 saturated carbocycles. The fraction of sp³-hybridized carbons (Fsp3) is 0.161. The fourth-order valence-corrected chi connectivity index (χ4v) is 6.35. The van der Waals surface area contributed by atoms with Crippen molar-refractivity contribution in [2.24, 2.45) is 0 Å². The van der Waals surface area contributed by atoms with Gasteiger partial charge in [-0.2, -0.15) is 0 Å². The van der Waals surface area contributed by atoms with Gasteiger partial charge in [-0.25, -0.2) is 4.98 Å². The van der Waals surface area contributed by atoms with Crippen LogP contribution in [-0.2, 0) is 0 Å². The highest BCUT2D eigenvalue weighted by molar-refractivity contribution is 7.21. The van der Waals surface area contributed by atoms with Crippen LogP contribution in [0.2, 0.25) is 5.02 Å². The molecule has 3 heterocycles. The molecule has 2 aromatic heterocycles. The van der Waals surface area contributed by atoms with Crippen molar-refractivity contribution in [3.63, 3.8) is 0 Å². The molecule has 0 spiro atoms. The number of aromatic nitrogens is 1. The number of piperazine rings is 1. The van der Waals surface area contributed by atoms with Gasteiger partial charge in [-0.15, -0.1) is 11.3 Å². The molecule has 1 amide bonds. The molecule has 5 aromatic rings. The maximum Gasteiger partial charge on any atom is 0.266 e. The molecular weight excluding hydrogens is 512 g/mol. The Morgan fingerprint density at radius 1 is 0.895 bits per heavy atom. The highest BCUT2D eigenvalue weighted by Gasteiger charge is 2.28. The average Bonchev–Trinajstić information content (AvgIpc) is 3.30. The van der Waals surface area contributed by atoms with Crippen LogP contribution in [0.25, 0.3) is 32.6 Å². The topological polar surface area (TPSA) is 62.5 Å². The zero-order valence-corrected chi connectivity index (χ0v) is 22.6. The number of anilines is 2. The molecule has 1 aliphatic heterocycles. The Labute approximate surface area is 231 Å². The number of nitrogen functional groups attached to an aromatic ring is 1. The third-order valence-corrected chi connectivity index (χ3v) is 8.45. The van der Waals surface area contributed by atoms with Gasteiger partial charge >= 0.3 is 0 Å². The first-order valence-corrected chi connectivity index (χ1v) is 13.8. The van der Waals surface area contributed by atoms with Crippen molar-refractivity contribution in [2.45, 2.75) is 6.92 Å². The molecule has 1 fully saturated rings. The van der Waals surface area contributed by atoms with Gasteiger partial charge in [0.1, 0.15) is 9.71 Å². The number of aryl methyl sites for hydroxylation is 1. The van der Waals surface area contributed by atoms with E-state index in [0.717, 1.165) is 56.4 Å². The predicted molar refractivity (Wildman–Crippen MR) is 159 cm³/mol.